The number of hydrogen-bond donors (Lipinski definition) is 1. The summed E-state index contributed by atoms with van der Waals surface area (Å²) in [5.41, 5.74) is 3.79. The van der Waals surface area contributed by atoms with E-state index >= 15 is 0 Å². The maximum Gasteiger partial charge on any atom is 0.143 e. The lowest BCUT2D eigenvalue weighted by Crippen LogP contribution is -2.11. The summed E-state index contributed by atoms with van der Waals surface area (Å²) < 4.78 is 5.08. The third-order valence-corrected chi connectivity index (χ3v) is 1.61. The van der Waals surface area contributed by atoms with E-state index in [2.05, 4.69) is 24.5 Å². The summed E-state index contributed by atoms with van der Waals surface area (Å²) in [5.74, 6) is 1.28. The summed E-state index contributed by atoms with van der Waals surface area (Å²) in [5, 5.41) is 3.73. The molecule has 0 radical (unpaired) electrons. The number of aromatic nitrogens is 1. The molecule has 0 aromatic carbocycles. The largest absolute Gasteiger partial charge is 0.361 e. The second-order valence-electron chi connectivity index (χ2n) is 2.90. The molecule has 0 atom stereocenters. The SMILES string of the molecule is CONCc1cnoc1C(C)C. The Kier molecular flexibility index (Phi) is 3.25. The third-order valence-electron chi connectivity index (χ3n) is 1.61. The first kappa shape index (κ1) is 9.22. The lowest BCUT2D eigenvalue weighted by Gasteiger charge is -2.03. The van der Waals surface area contributed by atoms with Gasteiger partial charge in [0.15, 0.2) is 0 Å². The van der Waals surface area contributed by atoms with E-state index in [0.717, 1.165) is 11.3 Å². The predicted molar refractivity (Wildman–Crippen MR) is 44.4 cm³/mol. The number of rotatable bonds is 4. The first-order valence-electron chi connectivity index (χ1n) is 3.95. The van der Waals surface area contributed by atoms with Crippen LogP contribution in [0.3, 0.4) is 0 Å². The zero-order valence-electron chi connectivity index (χ0n) is 7.63. The molecular formula is C8H14N2O2. The van der Waals surface area contributed by atoms with Crippen LogP contribution in [0, 0.1) is 0 Å². The smallest absolute Gasteiger partial charge is 0.143 e. The Bertz CT molecular complexity index is 233. The first-order valence-corrected chi connectivity index (χ1v) is 3.95. The van der Waals surface area contributed by atoms with Crippen LogP contribution in [0.4, 0.5) is 0 Å². The Balaban J connectivity index is 2.64. The number of nitrogens with zero attached hydrogens (tertiary/aromatic N) is 1. The predicted octanol–water partition coefficient (Wildman–Crippen LogP) is 1.45. The average molecular weight is 170 g/mol. The summed E-state index contributed by atoms with van der Waals surface area (Å²) >= 11 is 0. The Labute approximate surface area is 71.8 Å². The monoisotopic (exact) mass is 170 g/mol. The van der Waals surface area contributed by atoms with Gasteiger partial charge in [-0.25, -0.2) is 0 Å². The molecular weight excluding hydrogens is 156 g/mol. The van der Waals surface area contributed by atoms with Gasteiger partial charge in [0, 0.05) is 11.5 Å². The summed E-state index contributed by atoms with van der Waals surface area (Å²) in [6.07, 6.45) is 1.71. The molecule has 0 aliphatic heterocycles. The van der Waals surface area contributed by atoms with Crippen molar-refractivity contribution in [3.63, 3.8) is 0 Å². The fourth-order valence-corrected chi connectivity index (χ4v) is 1.03. The van der Waals surface area contributed by atoms with Crippen molar-refractivity contribution < 1.29 is 9.36 Å². The Hall–Kier alpha value is -0.870. The van der Waals surface area contributed by atoms with Crippen LogP contribution >= 0.6 is 0 Å². The minimum atomic E-state index is 0.362. The van der Waals surface area contributed by atoms with Gasteiger partial charge in [-0.1, -0.05) is 19.0 Å². The van der Waals surface area contributed by atoms with E-state index in [1.807, 2.05) is 0 Å². The zero-order chi connectivity index (χ0) is 8.97. The second kappa shape index (κ2) is 4.23. The van der Waals surface area contributed by atoms with Crippen LogP contribution in [-0.4, -0.2) is 12.3 Å². The van der Waals surface area contributed by atoms with Gasteiger partial charge in [0.25, 0.3) is 0 Å². The lowest BCUT2D eigenvalue weighted by molar-refractivity contribution is 0.0862. The van der Waals surface area contributed by atoms with Crippen molar-refractivity contribution in [3.8, 4) is 0 Å². The molecule has 0 saturated carbocycles. The molecule has 1 aromatic heterocycles. The second-order valence-corrected chi connectivity index (χ2v) is 2.90. The van der Waals surface area contributed by atoms with E-state index < -0.39 is 0 Å². The quantitative estimate of drug-likeness (QED) is 0.695. The highest BCUT2D eigenvalue weighted by Gasteiger charge is 2.10. The Morgan fingerprint density at radius 2 is 2.42 bits per heavy atom. The van der Waals surface area contributed by atoms with E-state index in [4.69, 9.17) is 9.36 Å². The molecule has 0 saturated heterocycles. The van der Waals surface area contributed by atoms with E-state index in [9.17, 15) is 0 Å². The summed E-state index contributed by atoms with van der Waals surface area (Å²) in [6, 6.07) is 0. The van der Waals surface area contributed by atoms with Gasteiger partial charge in [-0.15, -0.1) is 0 Å². The summed E-state index contributed by atoms with van der Waals surface area (Å²) in [6.45, 7) is 4.77. The molecule has 1 N–H and O–H groups in total. The molecule has 4 heteroatoms. The van der Waals surface area contributed by atoms with Crippen LogP contribution in [0.5, 0.6) is 0 Å². The lowest BCUT2D eigenvalue weighted by atomic mass is 10.1. The third kappa shape index (κ3) is 2.06. The topological polar surface area (TPSA) is 47.3 Å². The van der Waals surface area contributed by atoms with Crippen LogP contribution in [0.2, 0.25) is 0 Å². The fourth-order valence-electron chi connectivity index (χ4n) is 1.03. The average Bonchev–Trinajstić information content (AvgIpc) is 2.48. The van der Waals surface area contributed by atoms with Crippen LogP contribution in [0.25, 0.3) is 0 Å². The van der Waals surface area contributed by atoms with Crippen LogP contribution in [-0.2, 0) is 11.4 Å². The molecule has 0 amide bonds. The maximum atomic E-state index is 5.08. The van der Waals surface area contributed by atoms with Crippen molar-refractivity contribution in [1.82, 2.24) is 10.6 Å². The highest BCUT2D eigenvalue weighted by atomic mass is 16.6. The normalized spacial score (nSPS) is 11.0. The number of hydrogen-bond acceptors (Lipinski definition) is 4. The molecule has 0 aliphatic carbocycles. The van der Waals surface area contributed by atoms with Crippen molar-refractivity contribution in [2.75, 3.05) is 7.11 Å². The van der Waals surface area contributed by atoms with Gasteiger partial charge in [-0.3, -0.25) is 0 Å². The van der Waals surface area contributed by atoms with E-state index in [0.29, 0.717) is 12.5 Å². The van der Waals surface area contributed by atoms with Crippen molar-refractivity contribution >= 4 is 0 Å². The molecule has 1 aromatic rings. The summed E-state index contributed by atoms with van der Waals surface area (Å²) in [4.78, 5) is 4.73. The molecule has 0 bridgehead atoms. The molecule has 4 nitrogen and oxygen atoms in total. The van der Waals surface area contributed by atoms with Gasteiger partial charge in [-0.05, 0) is 0 Å². The van der Waals surface area contributed by atoms with Gasteiger partial charge in [-0.2, -0.15) is 5.48 Å². The zero-order valence-corrected chi connectivity index (χ0v) is 7.63. The molecule has 68 valence electrons. The van der Waals surface area contributed by atoms with Crippen LogP contribution in [0.1, 0.15) is 31.1 Å². The number of hydroxylamine groups is 1. The highest BCUT2D eigenvalue weighted by molar-refractivity contribution is 5.15. The Morgan fingerprint density at radius 1 is 1.67 bits per heavy atom. The first-order chi connectivity index (χ1) is 5.75. The molecule has 0 fully saturated rings. The van der Waals surface area contributed by atoms with E-state index in [1.54, 1.807) is 13.3 Å². The fraction of sp³-hybridized carbons (Fsp3) is 0.625. The maximum absolute atomic E-state index is 5.08. The van der Waals surface area contributed by atoms with Crippen LogP contribution < -0.4 is 5.48 Å². The summed E-state index contributed by atoms with van der Waals surface area (Å²) in [7, 11) is 1.59. The van der Waals surface area contributed by atoms with Gasteiger partial charge in [0.1, 0.15) is 5.76 Å². The van der Waals surface area contributed by atoms with Crippen LogP contribution in [0.15, 0.2) is 10.7 Å². The molecule has 12 heavy (non-hydrogen) atoms. The molecule has 1 rings (SSSR count). The molecule has 0 spiro atoms. The van der Waals surface area contributed by atoms with Gasteiger partial charge in [0.2, 0.25) is 0 Å². The van der Waals surface area contributed by atoms with Gasteiger partial charge in [0.05, 0.1) is 19.9 Å². The molecule has 1 heterocycles. The van der Waals surface area contributed by atoms with Crippen molar-refractivity contribution in [1.29, 1.82) is 0 Å². The Morgan fingerprint density at radius 3 is 3.00 bits per heavy atom. The minimum absolute atomic E-state index is 0.362. The van der Waals surface area contributed by atoms with Crippen molar-refractivity contribution in [3.05, 3.63) is 17.5 Å². The van der Waals surface area contributed by atoms with Crippen molar-refractivity contribution in [2.45, 2.75) is 26.3 Å². The molecule has 0 unspecified atom stereocenters. The van der Waals surface area contributed by atoms with Crippen molar-refractivity contribution in [2.24, 2.45) is 0 Å². The molecule has 0 aliphatic rings. The van der Waals surface area contributed by atoms with E-state index in [1.165, 1.54) is 0 Å². The highest BCUT2D eigenvalue weighted by Crippen LogP contribution is 2.18. The van der Waals surface area contributed by atoms with Gasteiger partial charge < -0.3 is 9.36 Å². The van der Waals surface area contributed by atoms with E-state index in [-0.39, 0.29) is 0 Å². The number of nitrogens with one attached hydrogen (secondary N) is 1. The minimum Gasteiger partial charge on any atom is -0.361 e. The standard InChI is InChI=1S/C8H14N2O2/c1-6(2)8-7(4-9-11-3)5-10-12-8/h5-6,9H,4H2,1-3H3. The van der Waals surface area contributed by atoms with Gasteiger partial charge >= 0.3 is 0 Å².